The summed E-state index contributed by atoms with van der Waals surface area (Å²) in [4.78, 5) is 0. The van der Waals surface area contributed by atoms with Crippen LogP contribution in [0.5, 0.6) is 0 Å². The van der Waals surface area contributed by atoms with Gasteiger partial charge in [-0.1, -0.05) is 0 Å². The van der Waals surface area contributed by atoms with Crippen LogP contribution in [0.2, 0.25) is 0 Å². The smallest absolute Gasteiger partial charge is 0.155 e. The van der Waals surface area contributed by atoms with Gasteiger partial charge in [-0.2, -0.15) is 0 Å². The Hall–Kier alpha value is -0.170. The molecule has 1 rings (SSSR count). The summed E-state index contributed by atoms with van der Waals surface area (Å²) in [5.41, 5.74) is 5.24. The lowest BCUT2D eigenvalue weighted by Gasteiger charge is -2.13. The van der Waals surface area contributed by atoms with Crippen molar-refractivity contribution in [3.8, 4) is 0 Å². The SMILES string of the molecule is NCCCOC1CS(=O)(=O)CC1O. The zero-order chi connectivity index (χ0) is 9.90. The summed E-state index contributed by atoms with van der Waals surface area (Å²) in [6.45, 7) is 0.920. The van der Waals surface area contributed by atoms with E-state index in [0.717, 1.165) is 0 Å². The average molecular weight is 209 g/mol. The fourth-order valence-electron chi connectivity index (χ4n) is 1.27. The van der Waals surface area contributed by atoms with Crippen LogP contribution >= 0.6 is 0 Å². The van der Waals surface area contributed by atoms with Crippen LogP contribution in [0.3, 0.4) is 0 Å². The third kappa shape index (κ3) is 3.22. The molecule has 0 aliphatic carbocycles. The van der Waals surface area contributed by atoms with Crippen LogP contribution < -0.4 is 5.73 Å². The van der Waals surface area contributed by atoms with E-state index in [1.54, 1.807) is 0 Å². The first-order valence-corrected chi connectivity index (χ1v) is 6.07. The van der Waals surface area contributed by atoms with Crippen molar-refractivity contribution in [1.82, 2.24) is 0 Å². The molecule has 0 spiro atoms. The first kappa shape index (κ1) is 10.9. The molecule has 2 atom stereocenters. The standard InChI is InChI=1S/C7H15NO4S/c8-2-1-3-12-7-5-13(10,11)4-6(7)9/h6-7,9H,1-5,8H2. The van der Waals surface area contributed by atoms with Crippen molar-refractivity contribution >= 4 is 9.84 Å². The molecule has 0 bridgehead atoms. The van der Waals surface area contributed by atoms with Gasteiger partial charge < -0.3 is 15.6 Å². The van der Waals surface area contributed by atoms with Crippen molar-refractivity contribution in [2.45, 2.75) is 18.6 Å². The molecular formula is C7H15NO4S. The molecule has 0 radical (unpaired) electrons. The van der Waals surface area contributed by atoms with Gasteiger partial charge in [0.05, 0.1) is 23.7 Å². The normalized spacial score (nSPS) is 32.2. The van der Waals surface area contributed by atoms with Crippen molar-refractivity contribution in [2.24, 2.45) is 5.73 Å². The van der Waals surface area contributed by atoms with Gasteiger partial charge in [0, 0.05) is 6.61 Å². The highest BCUT2D eigenvalue weighted by Gasteiger charge is 2.36. The van der Waals surface area contributed by atoms with Gasteiger partial charge in [-0.15, -0.1) is 0 Å². The average Bonchev–Trinajstić information content (AvgIpc) is 2.25. The van der Waals surface area contributed by atoms with E-state index in [4.69, 9.17) is 10.5 Å². The van der Waals surface area contributed by atoms with Crippen LogP contribution in [0.15, 0.2) is 0 Å². The molecule has 78 valence electrons. The highest BCUT2D eigenvalue weighted by Crippen LogP contribution is 2.15. The van der Waals surface area contributed by atoms with E-state index in [1.807, 2.05) is 0 Å². The Morgan fingerprint density at radius 2 is 2.15 bits per heavy atom. The Balaban J connectivity index is 2.36. The number of ether oxygens (including phenoxy) is 1. The molecule has 6 heteroatoms. The second-order valence-corrected chi connectivity index (χ2v) is 5.35. The molecule has 0 saturated carbocycles. The maximum atomic E-state index is 11.0. The minimum absolute atomic E-state index is 0.0707. The Kier molecular flexibility index (Phi) is 3.66. The Bertz CT molecular complexity index is 251. The van der Waals surface area contributed by atoms with Crippen molar-refractivity contribution in [3.05, 3.63) is 0 Å². The summed E-state index contributed by atoms with van der Waals surface area (Å²) < 4.78 is 27.2. The maximum Gasteiger partial charge on any atom is 0.155 e. The van der Waals surface area contributed by atoms with Gasteiger partial charge in [-0.25, -0.2) is 8.42 Å². The predicted molar refractivity (Wildman–Crippen MR) is 48.1 cm³/mol. The van der Waals surface area contributed by atoms with E-state index >= 15 is 0 Å². The fourth-order valence-corrected chi connectivity index (χ4v) is 2.96. The number of aliphatic hydroxyl groups is 1. The first-order chi connectivity index (χ1) is 6.05. The quantitative estimate of drug-likeness (QED) is 0.551. The Morgan fingerprint density at radius 3 is 2.62 bits per heavy atom. The molecule has 1 aliphatic rings. The van der Waals surface area contributed by atoms with Gasteiger partial charge in [-0.3, -0.25) is 0 Å². The Morgan fingerprint density at radius 1 is 1.46 bits per heavy atom. The molecule has 13 heavy (non-hydrogen) atoms. The van der Waals surface area contributed by atoms with E-state index in [2.05, 4.69) is 0 Å². The minimum atomic E-state index is -3.09. The predicted octanol–water partition coefficient (Wildman–Crippen LogP) is -1.49. The van der Waals surface area contributed by atoms with Crippen molar-refractivity contribution in [1.29, 1.82) is 0 Å². The van der Waals surface area contributed by atoms with E-state index in [0.29, 0.717) is 19.6 Å². The van der Waals surface area contributed by atoms with Gasteiger partial charge in [0.2, 0.25) is 0 Å². The van der Waals surface area contributed by atoms with Crippen LogP contribution in [0.1, 0.15) is 6.42 Å². The second-order valence-electron chi connectivity index (χ2n) is 3.20. The van der Waals surface area contributed by atoms with Crippen LogP contribution in [0, 0.1) is 0 Å². The van der Waals surface area contributed by atoms with Crippen LogP contribution in [-0.4, -0.2) is 50.4 Å². The summed E-state index contributed by atoms with van der Waals surface area (Å²) in [6.07, 6.45) is -0.747. The molecule has 0 amide bonds. The third-order valence-corrected chi connectivity index (χ3v) is 3.64. The zero-order valence-corrected chi connectivity index (χ0v) is 8.16. The maximum absolute atomic E-state index is 11.0. The number of hydrogen-bond acceptors (Lipinski definition) is 5. The van der Waals surface area contributed by atoms with Crippen LogP contribution in [0.25, 0.3) is 0 Å². The molecule has 2 unspecified atom stereocenters. The van der Waals surface area contributed by atoms with E-state index < -0.39 is 22.0 Å². The van der Waals surface area contributed by atoms with Gasteiger partial charge in [0.1, 0.15) is 0 Å². The summed E-state index contributed by atoms with van der Waals surface area (Å²) >= 11 is 0. The lowest BCUT2D eigenvalue weighted by atomic mass is 10.2. The minimum Gasteiger partial charge on any atom is -0.389 e. The van der Waals surface area contributed by atoms with Gasteiger partial charge in [0.25, 0.3) is 0 Å². The lowest BCUT2D eigenvalue weighted by Crippen LogP contribution is -2.27. The summed E-state index contributed by atoms with van der Waals surface area (Å²) in [6, 6.07) is 0. The summed E-state index contributed by atoms with van der Waals surface area (Å²) in [5, 5.41) is 9.29. The van der Waals surface area contributed by atoms with Crippen molar-refractivity contribution in [2.75, 3.05) is 24.7 Å². The number of nitrogens with two attached hydrogens (primary N) is 1. The second kappa shape index (κ2) is 4.36. The third-order valence-electron chi connectivity index (χ3n) is 1.95. The highest BCUT2D eigenvalue weighted by molar-refractivity contribution is 7.91. The molecule has 0 aromatic heterocycles. The highest BCUT2D eigenvalue weighted by atomic mass is 32.2. The molecule has 1 saturated heterocycles. The fraction of sp³-hybridized carbons (Fsp3) is 1.00. The van der Waals surface area contributed by atoms with Crippen LogP contribution in [-0.2, 0) is 14.6 Å². The van der Waals surface area contributed by atoms with Gasteiger partial charge >= 0.3 is 0 Å². The number of sulfone groups is 1. The van der Waals surface area contributed by atoms with Crippen molar-refractivity contribution < 1.29 is 18.3 Å². The van der Waals surface area contributed by atoms with E-state index in [-0.39, 0.29) is 11.5 Å². The van der Waals surface area contributed by atoms with Crippen LogP contribution in [0.4, 0.5) is 0 Å². The molecular weight excluding hydrogens is 194 g/mol. The lowest BCUT2D eigenvalue weighted by molar-refractivity contribution is -0.00778. The summed E-state index contributed by atoms with van der Waals surface area (Å²) in [5.74, 6) is -0.251. The number of rotatable bonds is 4. The van der Waals surface area contributed by atoms with Gasteiger partial charge in [0.15, 0.2) is 9.84 Å². The largest absolute Gasteiger partial charge is 0.389 e. The molecule has 1 heterocycles. The van der Waals surface area contributed by atoms with E-state index in [1.165, 1.54) is 0 Å². The number of aliphatic hydroxyl groups excluding tert-OH is 1. The van der Waals surface area contributed by atoms with E-state index in [9.17, 15) is 13.5 Å². The number of hydrogen-bond donors (Lipinski definition) is 2. The zero-order valence-electron chi connectivity index (χ0n) is 7.35. The molecule has 0 aromatic carbocycles. The molecule has 5 nitrogen and oxygen atoms in total. The Labute approximate surface area is 77.8 Å². The molecule has 0 aromatic rings. The van der Waals surface area contributed by atoms with Gasteiger partial charge in [-0.05, 0) is 13.0 Å². The molecule has 3 N–H and O–H groups in total. The van der Waals surface area contributed by atoms with Crippen molar-refractivity contribution in [3.63, 3.8) is 0 Å². The molecule has 1 aliphatic heterocycles. The monoisotopic (exact) mass is 209 g/mol. The summed E-state index contributed by atoms with van der Waals surface area (Å²) in [7, 11) is -3.09. The topological polar surface area (TPSA) is 89.6 Å². The molecule has 1 fully saturated rings. The first-order valence-electron chi connectivity index (χ1n) is 4.25.